The molecule has 1 rings (SSSR count). The average Bonchev–Trinajstić information content (AvgIpc) is 2.36. The summed E-state index contributed by atoms with van der Waals surface area (Å²) in [6, 6.07) is 0. The van der Waals surface area contributed by atoms with Gasteiger partial charge in [-0.1, -0.05) is 0 Å². The summed E-state index contributed by atoms with van der Waals surface area (Å²) in [6.45, 7) is 5.62. The van der Waals surface area contributed by atoms with Crippen molar-refractivity contribution in [1.82, 2.24) is 4.31 Å². The molecule has 19 heavy (non-hydrogen) atoms. The van der Waals surface area contributed by atoms with E-state index >= 15 is 0 Å². The molecule has 1 saturated heterocycles. The number of piperidine rings is 1. The van der Waals surface area contributed by atoms with Gasteiger partial charge in [-0.15, -0.1) is 11.6 Å². The molecule has 7 heteroatoms. The highest BCUT2D eigenvalue weighted by Crippen LogP contribution is 2.17. The van der Waals surface area contributed by atoms with E-state index in [0.717, 1.165) is 12.8 Å². The largest absolute Gasteiger partial charge is 0.378 e. The zero-order valence-corrected chi connectivity index (χ0v) is 13.3. The van der Waals surface area contributed by atoms with Gasteiger partial charge >= 0.3 is 0 Å². The first-order chi connectivity index (χ1) is 8.95. The van der Waals surface area contributed by atoms with Crippen molar-refractivity contribution in [2.75, 3.05) is 37.9 Å². The summed E-state index contributed by atoms with van der Waals surface area (Å²) in [5.41, 5.74) is 0. The molecular formula is C12H24ClNO4S. The minimum Gasteiger partial charge on any atom is -0.378 e. The van der Waals surface area contributed by atoms with Crippen LogP contribution in [0.3, 0.4) is 0 Å². The minimum absolute atomic E-state index is 0.0540. The van der Waals surface area contributed by atoms with Crippen LogP contribution in [-0.4, -0.2) is 62.9 Å². The molecule has 0 spiro atoms. The van der Waals surface area contributed by atoms with Gasteiger partial charge in [0.25, 0.3) is 0 Å². The Labute approximate surface area is 121 Å². The lowest BCUT2D eigenvalue weighted by atomic mass is 10.1. The normalized spacial score (nSPS) is 19.2. The van der Waals surface area contributed by atoms with E-state index in [1.807, 2.05) is 13.8 Å². The smallest absolute Gasteiger partial charge is 0.216 e. The Morgan fingerprint density at radius 2 is 1.89 bits per heavy atom. The molecule has 0 aromatic carbocycles. The van der Waals surface area contributed by atoms with Crippen molar-refractivity contribution in [3.63, 3.8) is 0 Å². The van der Waals surface area contributed by atoms with Crippen LogP contribution in [0.25, 0.3) is 0 Å². The highest BCUT2D eigenvalue weighted by atomic mass is 35.5. The number of rotatable bonds is 8. The summed E-state index contributed by atoms with van der Waals surface area (Å²) < 4.78 is 36.5. The van der Waals surface area contributed by atoms with Gasteiger partial charge in [0.05, 0.1) is 31.2 Å². The van der Waals surface area contributed by atoms with Crippen molar-refractivity contribution >= 4 is 21.6 Å². The van der Waals surface area contributed by atoms with Crippen LogP contribution < -0.4 is 0 Å². The molecule has 0 saturated carbocycles. The van der Waals surface area contributed by atoms with Crippen LogP contribution in [-0.2, 0) is 19.5 Å². The molecule has 0 aromatic rings. The van der Waals surface area contributed by atoms with E-state index in [4.69, 9.17) is 21.1 Å². The van der Waals surface area contributed by atoms with E-state index in [0.29, 0.717) is 25.6 Å². The second kappa shape index (κ2) is 8.42. The quantitative estimate of drug-likeness (QED) is 0.637. The molecule has 0 N–H and O–H groups in total. The van der Waals surface area contributed by atoms with E-state index in [1.54, 1.807) is 0 Å². The van der Waals surface area contributed by atoms with Gasteiger partial charge in [0.2, 0.25) is 10.0 Å². The number of nitrogens with zero attached hydrogens (tertiary/aromatic N) is 1. The van der Waals surface area contributed by atoms with Gasteiger partial charge in [0, 0.05) is 19.0 Å². The number of sulfonamides is 1. The SMILES string of the molecule is CC(C)OCCS(=O)(=O)N1CCC(OCCCl)CC1. The molecule has 0 aromatic heterocycles. The van der Waals surface area contributed by atoms with Gasteiger partial charge < -0.3 is 9.47 Å². The summed E-state index contributed by atoms with van der Waals surface area (Å²) in [5.74, 6) is 0.531. The fraction of sp³-hybridized carbons (Fsp3) is 1.00. The molecule has 0 amide bonds. The lowest BCUT2D eigenvalue weighted by molar-refractivity contribution is 0.0298. The summed E-state index contributed by atoms with van der Waals surface area (Å²) in [4.78, 5) is 0. The highest BCUT2D eigenvalue weighted by molar-refractivity contribution is 7.89. The van der Waals surface area contributed by atoms with E-state index in [-0.39, 0.29) is 24.6 Å². The second-order valence-corrected chi connectivity index (χ2v) is 7.36. The maximum atomic E-state index is 12.1. The molecule has 0 aliphatic carbocycles. The molecule has 0 unspecified atom stereocenters. The first-order valence-corrected chi connectivity index (χ1v) is 8.87. The first-order valence-electron chi connectivity index (χ1n) is 6.72. The van der Waals surface area contributed by atoms with E-state index in [9.17, 15) is 8.42 Å². The van der Waals surface area contributed by atoms with Gasteiger partial charge in [0.1, 0.15) is 0 Å². The maximum absolute atomic E-state index is 12.1. The zero-order valence-electron chi connectivity index (χ0n) is 11.7. The summed E-state index contributed by atoms with van der Waals surface area (Å²) >= 11 is 5.56. The number of halogens is 1. The molecule has 0 radical (unpaired) electrons. The van der Waals surface area contributed by atoms with Crippen LogP contribution >= 0.6 is 11.6 Å². The summed E-state index contributed by atoms with van der Waals surface area (Å²) in [5, 5.41) is 0. The van der Waals surface area contributed by atoms with Crippen molar-refractivity contribution in [2.45, 2.75) is 38.9 Å². The molecule has 1 heterocycles. The van der Waals surface area contributed by atoms with Crippen LogP contribution in [0.2, 0.25) is 0 Å². The highest BCUT2D eigenvalue weighted by Gasteiger charge is 2.28. The fourth-order valence-corrected chi connectivity index (χ4v) is 3.43. The molecular weight excluding hydrogens is 290 g/mol. The summed E-state index contributed by atoms with van der Waals surface area (Å²) in [6.07, 6.45) is 1.67. The lowest BCUT2D eigenvalue weighted by Crippen LogP contribution is -2.42. The standard InChI is InChI=1S/C12H24ClNO4S/c1-11(2)17-9-10-19(15,16)14-6-3-12(4-7-14)18-8-5-13/h11-12H,3-10H2,1-2H3. The molecule has 1 aliphatic heterocycles. The predicted molar refractivity (Wildman–Crippen MR) is 76.1 cm³/mol. The van der Waals surface area contributed by atoms with Crippen LogP contribution in [0.5, 0.6) is 0 Å². The Bertz CT molecular complexity index is 340. The van der Waals surface area contributed by atoms with E-state index < -0.39 is 10.0 Å². The fourth-order valence-electron chi connectivity index (χ4n) is 2.01. The third-order valence-electron chi connectivity index (χ3n) is 3.02. The molecule has 5 nitrogen and oxygen atoms in total. The number of ether oxygens (including phenoxy) is 2. The van der Waals surface area contributed by atoms with Crippen LogP contribution in [0.1, 0.15) is 26.7 Å². The topological polar surface area (TPSA) is 55.8 Å². The average molecular weight is 314 g/mol. The Kier molecular flexibility index (Phi) is 7.61. The van der Waals surface area contributed by atoms with Gasteiger partial charge in [-0.25, -0.2) is 12.7 Å². The van der Waals surface area contributed by atoms with Gasteiger partial charge in [-0.05, 0) is 26.7 Å². The second-order valence-electron chi connectivity index (χ2n) is 4.89. The first kappa shape index (κ1) is 17.2. The molecule has 0 bridgehead atoms. The number of hydrogen-bond donors (Lipinski definition) is 0. The predicted octanol–water partition coefficient (Wildman–Crippen LogP) is 1.46. The Balaban J connectivity index is 2.32. The third-order valence-corrected chi connectivity index (χ3v) is 5.01. The van der Waals surface area contributed by atoms with E-state index in [2.05, 4.69) is 0 Å². The molecule has 0 atom stereocenters. The lowest BCUT2D eigenvalue weighted by Gasteiger charge is -2.31. The van der Waals surface area contributed by atoms with Crippen LogP contribution in [0.4, 0.5) is 0 Å². The van der Waals surface area contributed by atoms with Crippen molar-refractivity contribution in [3.8, 4) is 0 Å². The Morgan fingerprint density at radius 1 is 1.26 bits per heavy atom. The van der Waals surface area contributed by atoms with E-state index in [1.165, 1.54) is 4.31 Å². The molecule has 1 aliphatic rings. The van der Waals surface area contributed by atoms with Gasteiger partial charge in [-0.2, -0.15) is 0 Å². The minimum atomic E-state index is -3.20. The monoisotopic (exact) mass is 313 g/mol. The van der Waals surface area contributed by atoms with Crippen molar-refractivity contribution in [1.29, 1.82) is 0 Å². The summed E-state index contributed by atoms with van der Waals surface area (Å²) in [7, 11) is -3.20. The van der Waals surface area contributed by atoms with Gasteiger partial charge in [-0.3, -0.25) is 0 Å². The number of hydrogen-bond acceptors (Lipinski definition) is 4. The van der Waals surface area contributed by atoms with Crippen molar-refractivity contribution < 1.29 is 17.9 Å². The zero-order chi connectivity index (χ0) is 14.3. The maximum Gasteiger partial charge on any atom is 0.216 e. The van der Waals surface area contributed by atoms with Crippen LogP contribution in [0, 0.1) is 0 Å². The third kappa shape index (κ3) is 6.40. The Hall–Kier alpha value is 0.120. The van der Waals surface area contributed by atoms with Crippen molar-refractivity contribution in [3.05, 3.63) is 0 Å². The number of alkyl halides is 1. The van der Waals surface area contributed by atoms with Crippen LogP contribution in [0.15, 0.2) is 0 Å². The Morgan fingerprint density at radius 3 is 2.42 bits per heavy atom. The molecule has 1 fully saturated rings. The van der Waals surface area contributed by atoms with Crippen molar-refractivity contribution in [2.24, 2.45) is 0 Å². The molecule has 114 valence electrons. The van der Waals surface area contributed by atoms with Gasteiger partial charge in [0.15, 0.2) is 0 Å².